The molecule has 3 aromatic carbocycles. The van der Waals surface area contributed by atoms with E-state index in [2.05, 4.69) is 10.3 Å². The zero-order chi connectivity index (χ0) is 20.7. The number of oxazole rings is 1. The van der Waals surface area contributed by atoms with E-state index in [1.165, 1.54) is 0 Å². The quantitative estimate of drug-likeness (QED) is 0.385. The highest BCUT2D eigenvalue weighted by molar-refractivity contribution is 6.38. The minimum atomic E-state index is -0.166. The Labute approximate surface area is 178 Å². The number of fused-ring (bicyclic) bond motifs is 1. The Balaban J connectivity index is 1.68. The van der Waals surface area contributed by atoms with Gasteiger partial charge in [-0.3, -0.25) is 4.79 Å². The smallest absolute Gasteiger partial charge is 0.255 e. The number of anilines is 1. The Morgan fingerprint density at radius 2 is 1.69 bits per heavy atom. The number of nitrogens with zero attached hydrogens (tertiary/aromatic N) is 1. The van der Waals surface area contributed by atoms with Gasteiger partial charge in [0.2, 0.25) is 5.89 Å². The molecule has 0 saturated heterocycles. The monoisotopic (exact) mass is 424 g/mol. The lowest BCUT2D eigenvalue weighted by molar-refractivity contribution is 0.102. The molecule has 0 spiro atoms. The van der Waals surface area contributed by atoms with E-state index >= 15 is 0 Å². The van der Waals surface area contributed by atoms with E-state index in [1.54, 1.807) is 12.1 Å². The maximum atomic E-state index is 12.7. The first-order chi connectivity index (χ1) is 13.8. The Bertz CT molecular complexity index is 1260. The summed E-state index contributed by atoms with van der Waals surface area (Å²) in [6.45, 7) is 5.94. The van der Waals surface area contributed by atoms with Gasteiger partial charge in [-0.1, -0.05) is 35.3 Å². The fourth-order valence-corrected chi connectivity index (χ4v) is 3.57. The van der Waals surface area contributed by atoms with Gasteiger partial charge in [0.15, 0.2) is 5.58 Å². The van der Waals surface area contributed by atoms with Crippen LogP contribution in [0.5, 0.6) is 0 Å². The molecule has 6 heteroatoms. The third-order valence-corrected chi connectivity index (χ3v) is 5.41. The van der Waals surface area contributed by atoms with Gasteiger partial charge in [-0.05, 0) is 73.9 Å². The van der Waals surface area contributed by atoms with Crippen LogP contribution in [0.2, 0.25) is 10.0 Å². The fraction of sp³-hybridized carbons (Fsp3) is 0.130. The normalized spacial score (nSPS) is 11.1. The van der Waals surface area contributed by atoms with E-state index in [0.29, 0.717) is 38.3 Å². The largest absolute Gasteiger partial charge is 0.435 e. The topological polar surface area (TPSA) is 55.1 Å². The van der Waals surface area contributed by atoms with Crippen molar-refractivity contribution >= 4 is 45.9 Å². The third kappa shape index (κ3) is 3.86. The summed E-state index contributed by atoms with van der Waals surface area (Å²) in [4.78, 5) is 17.2. The van der Waals surface area contributed by atoms with Crippen molar-refractivity contribution in [2.75, 3.05) is 5.32 Å². The predicted octanol–water partition coefficient (Wildman–Crippen LogP) is 6.98. The number of aryl methyl sites for hydroxylation is 3. The van der Waals surface area contributed by atoms with Crippen molar-refractivity contribution < 1.29 is 9.21 Å². The molecular formula is C23H18Cl2N2O2. The highest BCUT2D eigenvalue weighted by atomic mass is 35.5. The molecule has 4 nitrogen and oxygen atoms in total. The van der Waals surface area contributed by atoms with Crippen LogP contribution in [0, 0.1) is 20.8 Å². The van der Waals surface area contributed by atoms with Crippen LogP contribution in [-0.4, -0.2) is 10.9 Å². The summed E-state index contributed by atoms with van der Waals surface area (Å²) < 4.78 is 5.84. The number of benzene rings is 3. The van der Waals surface area contributed by atoms with E-state index in [9.17, 15) is 4.79 Å². The van der Waals surface area contributed by atoms with Gasteiger partial charge in [-0.25, -0.2) is 4.98 Å². The van der Waals surface area contributed by atoms with Gasteiger partial charge in [-0.15, -0.1) is 0 Å². The number of nitrogens with one attached hydrogen (secondary N) is 1. The number of carbonyl (C=O) groups is 1. The van der Waals surface area contributed by atoms with Crippen LogP contribution in [0.15, 0.2) is 52.9 Å². The maximum absolute atomic E-state index is 12.7. The Hall–Kier alpha value is -2.82. The summed E-state index contributed by atoms with van der Waals surface area (Å²) in [5.41, 5.74) is 6.25. The van der Waals surface area contributed by atoms with Crippen molar-refractivity contribution in [2.45, 2.75) is 20.8 Å². The zero-order valence-electron chi connectivity index (χ0n) is 16.1. The molecule has 146 valence electrons. The van der Waals surface area contributed by atoms with E-state index in [0.717, 1.165) is 22.3 Å². The van der Waals surface area contributed by atoms with Crippen molar-refractivity contribution in [1.82, 2.24) is 4.98 Å². The summed E-state index contributed by atoms with van der Waals surface area (Å²) in [5, 5.41) is 3.88. The number of carbonyl (C=O) groups excluding carboxylic acids is 1. The van der Waals surface area contributed by atoms with Crippen LogP contribution in [0.3, 0.4) is 0 Å². The molecule has 1 heterocycles. The van der Waals surface area contributed by atoms with Gasteiger partial charge in [-0.2, -0.15) is 0 Å². The first kappa shape index (κ1) is 19.5. The lowest BCUT2D eigenvalue weighted by Crippen LogP contribution is -2.13. The summed E-state index contributed by atoms with van der Waals surface area (Å²) in [5.74, 6) is 0.242. The van der Waals surface area contributed by atoms with Crippen molar-refractivity contribution in [3.05, 3.63) is 80.8 Å². The highest BCUT2D eigenvalue weighted by Crippen LogP contribution is 2.33. The molecule has 1 amide bonds. The minimum Gasteiger partial charge on any atom is -0.435 e. The molecule has 0 aliphatic rings. The average Bonchev–Trinajstić information content (AvgIpc) is 3.10. The van der Waals surface area contributed by atoms with Crippen molar-refractivity contribution in [3.8, 4) is 11.5 Å². The van der Waals surface area contributed by atoms with Crippen molar-refractivity contribution in [2.24, 2.45) is 0 Å². The number of hydrogen-bond acceptors (Lipinski definition) is 3. The molecule has 4 aromatic rings. The zero-order valence-corrected chi connectivity index (χ0v) is 17.7. The second kappa shape index (κ2) is 7.54. The molecule has 0 aliphatic carbocycles. The first-order valence-corrected chi connectivity index (χ1v) is 9.82. The predicted molar refractivity (Wildman–Crippen MR) is 118 cm³/mol. The lowest BCUT2D eigenvalue weighted by atomic mass is 10.1. The molecule has 4 rings (SSSR count). The van der Waals surface area contributed by atoms with E-state index < -0.39 is 0 Å². The van der Waals surface area contributed by atoms with Crippen LogP contribution >= 0.6 is 23.2 Å². The Morgan fingerprint density at radius 1 is 0.931 bits per heavy atom. The molecular weight excluding hydrogens is 407 g/mol. The first-order valence-electron chi connectivity index (χ1n) is 9.07. The highest BCUT2D eigenvalue weighted by Gasteiger charge is 2.15. The van der Waals surface area contributed by atoms with Crippen molar-refractivity contribution in [1.29, 1.82) is 0 Å². The molecule has 0 atom stereocenters. The molecule has 0 fully saturated rings. The molecule has 0 aliphatic heterocycles. The standard InChI is InChI=1S/C23H18Cl2N2O2/c1-12-4-6-15(8-14(12)3)22(28)26-19-9-16(7-5-13(19)2)23-27-20-11-17(24)10-18(25)21(20)29-23/h4-11H,1-3H3,(H,26,28). The van der Waals surface area contributed by atoms with Gasteiger partial charge >= 0.3 is 0 Å². The van der Waals surface area contributed by atoms with Gasteiger partial charge in [0.1, 0.15) is 5.52 Å². The fourth-order valence-electron chi connectivity index (χ4n) is 3.05. The molecule has 1 N–H and O–H groups in total. The maximum Gasteiger partial charge on any atom is 0.255 e. The minimum absolute atomic E-state index is 0.166. The second-order valence-corrected chi connectivity index (χ2v) is 7.88. The molecule has 1 aromatic heterocycles. The van der Waals surface area contributed by atoms with Gasteiger partial charge < -0.3 is 9.73 Å². The van der Waals surface area contributed by atoms with Gasteiger partial charge in [0.05, 0.1) is 5.02 Å². The van der Waals surface area contributed by atoms with E-state index in [4.69, 9.17) is 27.6 Å². The number of halogens is 2. The van der Waals surface area contributed by atoms with Crippen LogP contribution in [0.25, 0.3) is 22.6 Å². The molecule has 29 heavy (non-hydrogen) atoms. The van der Waals surface area contributed by atoms with Crippen molar-refractivity contribution in [3.63, 3.8) is 0 Å². The molecule has 0 radical (unpaired) electrons. The third-order valence-electron chi connectivity index (χ3n) is 4.91. The van der Waals surface area contributed by atoms with Crippen LogP contribution < -0.4 is 5.32 Å². The number of rotatable bonds is 3. The summed E-state index contributed by atoms with van der Waals surface area (Å²) in [6.07, 6.45) is 0. The van der Waals surface area contributed by atoms with Crippen LogP contribution in [-0.2, 0) is 0 Å². The molecule has 0 saturated carbocycles. The van der Waals surface area contributed by atoms with Crippen LogP contribution in [0.4, 0.5) is 5.69 Å². The second-order valence-electron chi connectivity index (χ2n) is 7.04. The van der Waals surface area contributed by atoms with Gasteiger partial charge in [0.25, 0.3) is 5.91 Å². The lowest BCUT2D eigenvalue weighted by Gasteiger charge is -2.11. The summed E-state index contributed by atoms with van der Waals surface area (Å²) >= 11 is 12.3. The number of hydrogen-bond donors (Lipinski definition) is 1. The van der Waals surface area contributed by atoms with Gasteiger partial charge in [0, 0.05) is 21.8 Å². The van der Waals surface area contributed by atoms with Crippen LogP contribution in [0.1, 0.15) is 27.0 Å². The average molecular weight is 425 g/mol. The van der Waals surface area contributed by atoms with E-state index in [-0.39, 0.29) is 5.91 Å². The Kier molecular flexibility index (Phi) is 5.07. The van der Waals surface area contributed by atoms with E-state index in [1.807, 2.05) is 57.2 Å². The summed E-state index contributed by atoms with van der Waals surface area (Å²) in [7, 11) is 0. The Morgan fingerprint density at radius 3 is 2.45 bits per heavy atom. The summed E-state index contributed by atoms with van der Waals surface area (Å²) in [6, 6.07) is 14.6. The molecule has 0 unspecified atom stereocenters. The number of amides is 1. The number of aromatic nitrogens is 1. The SMILES string of the molecule is Cc1ccc(C(=O)Nc2cc(-c3nc4cc(Cl)cc(Cl)c4o3)ccc2C)cc1C. The molecule has 0 bridgehead atoms.